The van der Waals surface area contributed by atoms with E-state index in [0.717, 1.165) is 18.4 Å². The second-order valence-electron chi connectivity index (χ2n) is 5.58. The molecule has 0 aliphatic carbocycles. The fraction of sp³-hybridized carbons (Fsp3) is 0.611. The molecule has 0 spiro atoms. The first kappa shape index (κ1) is 16.7. The monoisotopic (exact) mass is 276 g/mol. The first-order valence-electron chi connectivity index (χ1n) is 7.81. The van der Waals surface area contributed by atoms with Gasteiger partial charge in [0.2, 0.25) is 0 Å². The van der Waals surface area contributed by atoms with Gasteiger partial charge in [0.25, 0.3) is 0 Å². The Morgan fingerprint density at radius 1 is 0.950 bits per heavy atom. The van der Waals surface area contributed by atoms with E-state index in [-0.39, 0.29) is 5.97 Å². The average molecular weight is 276 g/mol. The zero-order valence-corrected chi connectivity index (χ0v) is 13.4. The highest BCUT2D eigenvalue weighted by Gasteiger charge is 2.12. The first-order chi connectivity index (χ1) is 9.57. The fourth-order valence-corrected chi connectivity index (χ4v) is 2.30. The molecule has 0 saturated carbocycles. The highest BCUT2D eigenvalue weighted by Crippen LogP contribution is 2.18. The molecule has 0 aromatic heterocycles. The van der Waals surface area contributed by atoms with E-state index < -0.39 is 0 Å². The molecule has 112 valence electrons. The minimum absolute atomic E-state index is 0.181. The molecule has 0 radical (unpaired) electrons. The topological polar surface area (TPSA) is 26.3 Å². The molecular weight excluding hydrogens is 248 g/mol. The third kappa shape index (κ3) is 4.99. The standard InChI is InChI=1S/C18H28O2/c1-5-6-7-8-9-10-13-20-18(19)17-12-11-14(2)15(3)16(17)4/h11-12H,5-10,13H2,1-4H3. The van der Waals surface area contributed by atoms with Crippen molar-refractivity contribution >= 4 is 5.97 Å². The van der Waals surface area contributed by atoms with Crippen molar-refractivity contribution < 1.29 is 9.53 Å². The summed E-state index contributed by atoms with van der Waals surface area (Å²) in [7, 11) is 0. The smallest absolute Gasteiger partial charge is 0.338 e. The summed E-state index contributed by atoms with van der Waals surface area (Å²) in [6.45, 7) is 8.86. The Hall–Kier alpha value is -1.31. The molecule has 0 unspecified atom stereocenters. The Balaban J connectivity index is 2.35. The maximum Gasteiger partial charge on any atom is 0.338 e. The Bertz CT molecular complexity index is 435. The van der Waals surface area contributed by atoms with Gasteiger partial charge in [0.1, 0.15) is 0 Å². The van der Waals surface area contributed by atoms with Gasteiger partial charge in [0.15, 0.2) is 0 Å². The Morgan fingerprint density at radius 2 is 1.60 bits per heavy atom. The number of esters is 1. The van der Waals surface area contributed by atoms with Crippen LogP contribution in [0.25, 0.3) is 0 Å². The van der Waals surface area contributed by atoms with E-state index in [2.05, 4.69) is 20.8 Å². The minimum atomic E-state index is -0.181. The molecule has 0 fully saturated rings. The highest BCUT2D eigenvalue weighted by atomic mass is 16.5. The summed E-state index contributed by atoms with van der Waals surface area (Å²) in [6.07, 6.45) is 7.23. The number of carbonyl (C=O) groups is 1. The van der Waals surface area contributed by atoms with E-state index in [9.17, 15) is 4.79 Å². The Labute approximate surface area is 123 Å². The maximum atomic E-state index is 12.0. The Morgan fingerprint density at radius 3 is 2.30 bits per heavy atom. The predicted octanol–water partition coefficient (Wildman–Crippen LogP) is 5.13. The van der Waals surface area contributed by atoms with Crippen molar-refractivity contribution in [2.24, 2.45) is 0 Å². The molecule has 0 N–H and O–H groups in total. The molecule has 0 saturated heterocycles. The summed E-state index contributed by atoms with van der Waals surface area (Å²) < 4.78 is 5.37. The summed E-state index contributed by atoms with van der Waals surface area (Å²) >= 11 is 0. The largest absolute Gasteiger partial charge is 0.462 e. The third-order valence-electron chi connectivity index (χ3n) is 4.01. The molecule has 1 aromatic rings. The van der Waals surface area contributed by atoms with Crippen molar-refractivity contribution in [1.82, 2.24) is 0 Å². The molecule has 2 heteroatoms. The summed E-state index contributed by atoms with van der Waals surface area (Å²) in [5.41, 5.74) is 4.14. The number of hydrogen-bond acceptors (Lipinski definition) is 2. The molecule has 20 heavy (non-hydrogen) atoms. The fourth-order valence-electron chi connectivity index (χ4n) is 2.30. The van der Waals surface area contributed by atoms with Gasteiger partial charge in [-0.3, -0.25) is 0 Å². The zero-order valence-electron chi connectivity index (χ0n) is 13.4. The van der Waals surface area contributed by atoms with Crippen LogP contribution in [0.1, 0.15) is 72.5 Å². The summed E-state index contributed by atoms with van der Waals surface area (Å²) in [6, 6.07) is 3.87. The number of carbonyl (C=O) groups excluding carboxylic acids is 1. The molecular formula is C18H28O2. The maximum absolute atomic E-state index is 12.0. The number of unbranched alkanes of at least 4 members (excludes halogenated alkanes) is 5. The van der Waals surface area contributed by atoms with Crippen LogP contribution in [0.2, 0.25) is 0 Å². The van der Waals surface area contributed by atoms with Crippen LogP contribution >= 0.6 is 0 Å². The number of ether oxygens (including phenoxy) is 1. The summed E-state index contributed by atoms with van der Waals surface area (Å²) in [5, 5.41) is 0. The molecule has 0 heterocycles. The van der Waals surface area contributed by atoms with Crippen molar-refractivity contribution in [3.05, 3.63) is 34.4 Å². The SMILES string of the molecule is CCCCCCCCOC(=O)c1ccc(C)c(C)c1C. The molecule has 1 rings (SSSR count). The van der Waals surface area contributed by atoms with Crippen molar-refractivity contribution in [2.75, 3.05) is 6.61 Å². The second kappa shape index (κ2) is 8.78. The van der Waals surface area contributed by atoms with Crippen molar-refractivity contribution in [3.63, 3.8) is 0 Å². The van der Waals surface area contributed by atoms with E-state index in [0.29, 0.717) is 12.2 Å². The van der Waals surface area contributed by atoms with E-state index in [4.69, 9.17) is 4.74 Å². The van der Waals surface area contributed by atoms with Gasteiger partial charge >= 0.3 is 5.97 Å². The molecule has 0 atom stereocenters. The van der Waals surface area contributed by atoms with Gasteiger partial charge in [-0.15, -0.1) is 0 Å². The van der Waals surface area contributed by atoms with Crippen molar-refractivity contribution in [3.8, 4) is 0 Å². The van der Waals surface area contributed by atoms with Crippen LogP contribution in [0, 0.1) is 20.8 Å². The van der Waals surface area contributed by atoms with Crippen molar-refractivity contribution in [2.45, 2.75) is 66.2 Å². The summed E-state index contributed by atoms with van der Waals surface area (Å²) in [5.74, 6) is -0.181. The van der Waals surface area contributed by atoms with Gasteiger partial charge in [-0.2, -0.15) is 0 Å². The second-order valence-corrected chi connectivity index (χ2v) is 5.58. The molecule has 0 amide bonds. The first-order valence-corrected chi connectivity index (χ1v) is 7.81. The lowest BCUT2D eigenvalue weighted by Gasteiger charge is -2.11. The van der Waals surface area contributed by atoms with E-state index in [1.807, 2.05) is 19.1 Å². The van der Waals surface area contributed by atoms with Crippen LogP contribution in [0.15, 0.2) is 12.1 Å². The normalized spacial score (nSPS) is 10.6. The van der Waals surface area contributed by atoms with E-state index >= 15 is 0 Å². The lowest BCUT2D eigenvalue weighted by molar-refractivity contribution is 0.0496. The number of benzene rings is 1. The van der Waals surface area contributed by atoms with E-state index in [1.54, 1.807) is 0 Å². The third-order valence-corrected chi connectivity index (χ3v) is 4.01. The van der Waals surface area contributed by atoms with Gasteiger partial charge in [-0.25, -0.2) is 4.79 Å². The quantitative estimate of drug-likeness (QED) is 0.486. The van der Waals surface area contributed by atoms with Gasteiger partial charge in [-0.05, 0) is 49.9 Å². The van der Waals surface area contributed by atoms with Gasteiger partial charge in [-0.1, -0.05) is 45.1 Å². The van der Waals surface area contributed by atoms with Gasteiger partial charge < -0.3 is 4.74 Å². The highest BCUT2D eigenvalue weighted by molar-refractivity contribution is 5.91. The van der Waals surface area contributed by atoms with Crippen LogP contribution in [0.4, 0.5) is 0 Å². The van der Waals surface area contributed by atoms with Gasteiger partial charge in [0.05, 0.1) is 12.2 Å². The Kier molecular flexibility index (Phi) is 7.35. The van der Waals surface area contributed by atoms with E-state index in [1.165, 1.54) is 36.8 Å². The lowest BCUT2D eigenvalue weighted by Crippen LogP contribution is -2.09. The minimum Gasteiger partial charge on any atom is -0.462 e. The number of rotatable bonds is 8. The van der Waals surface area contributed by atoms with Crippen molar-refractivity contribution in [1.29, 1.82) is 0 Å². The van der Waals surface area contributed by atoms with Crippen LogP contribution in [0.5, 0.6) is 0 Å². The molecule has 0 aliphatic rings. The lowest BCUT2D eigenvalue weighted by atomic mass is 9.99. The summed E-state index contributed by atoms with van der Waals surface area (Å²) in [4.78, 5) is 12.0. The average Bonchev–Trinajstić information content (AvgIpc) is 2.43. The number of aryl methyl sites for hydroxylation is 1. The molecule has 0 bridgehead atoms. The molecule has 0 aliphatic heterocycles. The predicted molar refractivity (Wildman–Crippen MR) is 84.3 cm³/mol. The number of hydrogen-bond donors (Lipinski definition) is 0. The van der Waals surface area contributed by atoms with Crippen LogP contribution in [-0.2, 0) is 4.74 Å². The van der Waals surface area contributed by atoms with Gasteiger partial charge in [0, 0.05) is 0 Å². The van der Waals surface area contributed by atoms with Crippen LogP contribution in [-0.4, -0.2) is 12.6 Å². The van der Waals surface area contributed by atoms with Crippen LogP contribution in [0.3, 0.4) is 0 Å². The van der Waals surface area contributed by atoms with Crippen LogP contribution < -0.4 is 0 Å². The molecule has 2 nitrogen and oxygen atoms in total. The molecule has 1 aromatic carbocycles. The zero-order chi connectivity index (χ0) is 15.0.